The van der Waals surface area contributed by atoms with Crippen LogP contribution in [-0.2, 0) is 20.8 Å². The molecule has 0 spiro atoms. The maximum Gasteiger partial charge on any atom is 0.330 e. The van der Waals surface area contributed by atoms with E-state index in [1.807, 2.05) is 45.0 Å². The molecule has 5 heteroatoms. The Morgan fingerprint density at radius 2 is 1.83 bits per heavy atom. The van der Waals surface area contributed by atoms with Crippen molar-refractivity contribution in [1.29, 1.82) is 0 Å². The van der Waals surface area contributed by atoms with Crippen molar-refractivity contribution in [1.82, 2.24) is 5.06 Å². The Bertz CT molecular complexity index is 525. The van der Waals surface area contributed by atoms with Crippen molar-refractivity contribution in [3.05, 3.63) is 29.8 Å². The highest BCUT2D eigenvalue weighted by molar-refractivity contribution is 5.75. The van der Waals surface area contributed by atoms with Gasteiger partial charge in [0.05, 0.1) is 5.41 Å². The molecule has 0 N–H and O–H groups in total. The van der Waals surface area contributed by atoms with Gasteiger partial charge in [0.15, 0.2) is 0 Å². The molecule has 0 atom stereocenters. The summed E-state index contributed by atoms with van der Waals surface area (Å²) in [7, 11) is 0. The number of hydrogen-bond donors (Lipinski definition) is 0. The number of carbonyl (C=O) groups is 2. The van der Waals surface area contributed by atoms with Crippen LogP contribution in [0, 0.1) is 5.41 Å². The summed E-state index contributed by atoms with van der Waals surface area (Å²) < 4.78 is 5.95. The zero-order chi connectivity index (χ0) is 16.9. The van der Waals surface area contributed by atoms with Gasteiger partial charge in [0.2, 0.25) is 0 Å². The molecule has 1 aromatic rings. The van der Waals surface area contributed by atoms with Crippen molar-refractivity contribution in [2.45, 2.75) is 46.1 Å². The van der Waals surface area contributed by atoms with Gasteiger partial charge in [-0.15, -0.1) is 5.06 Å². The second-order valence-corrected chi connectivity index (χ2v) is 6.89. The fourth-order valence-corrected chi connectivity index (χ4v) is 2.29. The standard InChI is InChI=1S/C18H25NO4/c1-18(2,3)17(21)23-19-11-8-16(9-12-19)22-15-6-4-14(5-7-15)10-13-20/h4-7,13,16H,8-12H2,1-3H3. The van der Waals surface area contributed by atoms with Crippen molar-refractivity contribution in [3.63, 3.8) is 0 Å². The second-order valence-electron chi connectivity index (χ2n) is 6.89. The average Bonchev–Trinajstić information content (AvgIpc) is 2.50. The number of carbonyl (C=O) groups excluding carboxylic acids is 2. The molecule has 1 heterocycles. The molecule has 0 amide bonds. The Balaban J connectivity index is 1.78. The minimum atomic E-state index is -0.489. The molecule has 126 valence electrons. The van der Waals surface area contributed by atoms with Gasteiger partial charge >= 0.3 is 5.97 Å². The number of aldehydes is 1. The van der Waals surface area contributed by atoms with Gasteiger partial charge < -0.3 is 14.4 Å². The lowest BCUT2D eigenvalue weighted by Gasteiger charge is -2.32. The molecule has 1 saturated heterocycles. The largest absolute Gasteiger partial charge is 0.490 e. The molecule has 23 heavy (non-hydrogen) atoms. The van der Waals surface area contributed by atoms with Crippen LogP contribution in [0.15, 0.2) is 24.3 Å². The van der Waals surface area contributed by atoms with E-state index in [9.17, 15) is 9.59 Å². The Kier molecular flexibility index (Phi) is 5.77. The van der Waals surface area contributed by atoms with Crippen LogP contribution in [0.25, 0.3) is 0 Å². The number of ether oxygens (including phenoxy) is 1. The first-order valence-electron chi connectivity index (χ1n) is 8.05. The SMILES string of the molecule is CC(C)(C)C(=O)ON1CCC(Oc2ccc(CC=O)cc2)CC1. The van der Waals surface area contributed by atoms with Gasteiger partial charge in [-0.3, -0.25) is 0 Å². The Morgan fingerprint density at radius 1 is 1.22 bits per heavy atom. The monoisotopic (exact) mass is 319 g/mol. The summed E-state index contributed by atoms with van der Waals surface area (Å²) in [4.78, 5) is 27.7. The summed E-state index contributed by atoms with van der Waals surface area (Å²) in [5, 5.41) is 1.72. The highest BCUT2D eigenvalue weighted by Crippen LogP contribution is 2.22. The van der Waals surface area contributed by atoms with Gasteiger partial charge in [-0.2, -0.15) is 0 Å². The predicted octanol–water partition coefficient (Wildman–Crippen LogP) is 2.78. The van der Waals surface area contributed by atoms with Crippen molar-refractivity contribution in [2.75, 3.05) is 13.1 Å². The van der Waals surface area contributed by atoms with E-state index in [0.717, 1.165) is 30.4 Å². The Morgan fingerprint density at radius 3 is 2.35 bits per heavy atom. The summed E-state index contributed by atoms with van der Waals surface area (Å²) in [5.74, 6) is 0.604. The molecule has 1 aliphatic rings. The van der Waals surface area contributed by atoms with Crippen LogP contribution >= 0.6 is 0 Å². The molecule has 1 fully saturated rings. The number of rotatable bonds is 5. The van der Waals surface area contributed by atoms with Crippen molar-refractivity contribution < 1.29 is 19.2 Å². The molecule has 1 aromatic carbocycles. The van der Waals surface area contributed by atoms with E-state index in [1.54, 1.807) is 5.06 Å². The van der Waals surface area contributed by atoms with Gasteiger partial charge in [-0.25, -0.2) is 4.79 Å². The van der Waals surface area contributed by atoms with Crippen LogP contribution < -0.4 is 4.74 Å². The second kappa shape index (κ2) is 7.59. The van der Waals surface area contributed by atoms with Crippen LogP contribution in [0.4, 0.5) is 0 Å². The molecular weight excluding hydrogens is 294 g/mol. The quantitative estimate of drug-likeness (QED) is 0.781. The average molecular weight is 319 g/mol. The molecular formula is C18H25NO4. The van der Waals surface area contributed by atoms with Crippen LogP contribution in [0.1, 0.15) is 39.2 Å². The molecule has 1 aliphatic heterocycles. The van der Waals surface area contributed by atoms with E-state index < -0.39 is 5.41 Å². The van der Waals surface area contributed by atoms with Crippen LogP contribution in [0.5, 0.6) is 5.75 Å². The molecule has 5 nitrogen and oxygen atoms in total. The van der Waals surface area contributed by atoms with Gasteiger partial charge in [-0.05, 0) is 38.5 Å². The number of piperidine rings is 1. The zero-order valence-corrected chi connectivity index (χ0v) is 14.1. The summed E-state index contributed by atoms with van der Waals surface area (Å²) in [6, 6.07) is 7.60. The van der Waals surface area contributed by atoms with Crippen LogP contribution in [0.2, 0.25) is 0 Å². The smallest absolute Gasteiger partial charge is 0.330 e. The minimum absolute atomic E-state index is 0.122. The third-order valence-corrected chi connectivity index (χ3v) is 3.77. The maximum absolute atomic E-state index is 11.9. The van der Waals surface area contributed by atoms with E-state index in [4.69, 9.17) is 9.57 Å². The molecule has 0 saturated carbocycles. The number of hydrogen-bond acceptors (Lipinski definition) is 5. The van der Waals surface area contributed by atoms with E-state index in [-0.39, 0.29) is 12.1 Å². The van der Waals surface area contributed by atoms with Crippen molar-refractivity contribution in [3.8, 4) is 5.75 Å². The highest BCUT2D eigenvalue weighted by atomic mass is 16.7. The first kappa shape index (κ1) is 17.5. The lowest BCUT2D eigenvalue weighted by Crippen LogP contribution is -2.41. The van der Waals surface area contributed by atoms with Crippen molar-refractivity contribution in [2.24, 2.45) is 5.41 Å². The van der Waals surface area contributed by atoms with E-state index in [1.165, 1.54) is 0 Å². The fourth-order valence-electron chi connectivity index (χ4n) is 2.29. The highest BCUT2D eigenvalue weighted by Gasteiger charge is 2.28. The molecule has 0 unspecified atom stereocenters. The summed E-state index contributed by atoms with van der Waals surface area (Å²) in [6.45, 7) is 6.89. The topological polar surface area (TPSA) is 55.8 Å². The maximum atomic E-state index is 11.9. The van der Waals surface area contributed by atoms with Crippen LogP contribution in [-0.4, -0.2) is 36.5 Å². The van der Waals surface area contributed by atoms with E-state index in [0.29, 0.717) is 19.5 Å². The molecule has 0 aliphatic carbocycles. The van der Waals surface area contributed by atoms with Gasteiger partial charge in [0.25, 0.3) is 0 Å². The summed E-state index contributed by atoms with van der Waals surface area (Å²) in [6.07, 6.45) is 3.07. The van der Waals surface area contributed by atoms with Gasteiger partial charge in [-0.1, -0.05) is 12.1 Å². The van der Waals surface area contributed by atoms with Crippen molar-refractivity contribution >= 4 is 12.3 Å². The molecule has 0 aromatic heterocycles. The summed E-state index contributed by atoms with van der Waals surface area (Å²) in [5.41, 5.74) is 0.493. The predicted molar refractivity (Wildman–Crippen MR) is 87.0 cm³/mol. The molecule has 0 bridgehead atoms. The lowest BCUT2D eigenvalue weighted by atomic mass is 9.98. The summed E-state index contributed by atoms with van der Waals surface area (Å²) >= 11 is 0. The third kappa shape index (κ3) is 5.36. The number of benzene rings is 1. The molecule has 0 radical (unpaired) electrons. The van der Waals surface area contributed by atoms with E-state index >= 15 is 0 Å². The lowest BCUT2D eigenvalue weighted by molar-refractivity contribution is -0.207. The number of nitrogens with zero attached hydrogens (tertiary/aromatic N) is 1. The van der Waals surface area contributed by atoms with E-state index in [2.05, 4.69) is 0 Å². The first-order chi connectivity index (χ1) is 10.9. The van der Waals surface area contributed by atoms with Crippen LogP contribution in [0.3, 0.4) is 0 Å². The fraction of sp³-hybridized carbons (Fsp3) is 0.556. The third-order valence-electron chi connectivity index (χ3n) is 3.77. The Hall–Kier alpha value is -1.88. The minimum Gasteiger partial charge on any atom is -0.490 e. The van der Waals surface area contributed by atoms with Gasteiger partial charge in [0.1, 0.15) is 18.1 Å². The zero-order valence-electron chi connectivity index (χ0n) is 14.1. The Labute approximate surface area is 137 Å². The molecule has 2 rings (SSSR count). The number of hydroxylamine groups is 2. The first-order valence-corrected chi connectivity index (χ1v) is 8.05. The van der Waals surface area contributed by atoms with Gasteiger partial charge in [0, 0.05) is 32.4 Å². The normalized spacial score (nSPS) is 16.8.